The molecule has 0 fully saturated rings. The van der Waals surface area contributed by atoms with Gasteiger partial charge in [-0.15, -0.1) is 0 Å². The van der Waals surface area contributed by atoms with E-state index in [9.17, 15) is 14.4 Å². The Bertz CT molecular complexity index is 410. The molecule has 0 heterocycles. The molecule has 0 bridgehead atoms. The van der Waals surface area contributed by atoms with Crippen molar-refractivity contribution < 1.29 is 42.8 Å². The molecule has 0 aliphatic carbocycles. The minimum absolute atomic E-state index is 0.0400. The van der Waals surface area contributed by atoms with Gasteiger partial charge < -0.3 is 28.4 Å². The smallest absolute Gasteiger partial charge is 0.303 e. The number of methoxy groups -OCH3 is 3. The van der Waals surface area contributed by atoms with Crippen molar-refractivity contribution in [3.05, 3.63) is 0 Å². The van der Waals surface area contributed by atoms with Crippen LogP contribution in [-0.2, 0) is 42.8 Å². The van der Waals surface area contributed by atoms with E-state index < -0.39 is 42.3 Å². The van der Waals surface area contributed by atoms with Crippen LogP contribution in [0.1, 0.15) is 20.8 Å². The zero-order valence-corrected chi connectivity index (χ0v) is 14.9. The highest BCUT2D eigenvalue weighted by Crippen LogP contribution is 2.18. The Labute approximate surface area is 141 Å². The zero-order valence-electron chi connectivity index (χ0n) is 14.9. The first-order valence-electron chi connectivity index (χ1n) is 7.29. The van der Waals surface area contributed by atoms with Crippen molar-refractivity contribution >= 4 is 17.9 Å². The van der Waals surface area contributed by atoms with Crippen molar-refractivity contribution in [2.24, 2.45) is 0 Å². The van der Waals surface area contributed by atoms with E-state index in [1.165, 1.54) is 42.1 Å². The SMILES string of the molecule is COC[C@@H](OC(C)=O)[C@@H](OC)[C@H](OC)[C@H](COC(C)=O)OC(C)=O. The number of hydrogen-bond acceptors (Lipinski definition) is 9. The van der Waals surface area contributed by atoms with Crippen LogP contribution in [0.15, 0.2) is 0 Å². The largest absolute Gasteiger partial charge is 0.462 e. The summed E-state index contributed by atoms with van der Waals surface area (Å²) in [5.41, 5.74) is 0. The number of hydrogen-bond donors (Lipinski definition) is 0. The Morgan fingerprint density at radius 3 is 1.42 bits per heavy atom. The molecule has 0 aromatic carbocycles. The molecule has 0 rings (SSSR count). The van der Waals surface area contributed by atoms with Crippen LogP contribution >= 0.6 is 0 Å². The number of esters is 3. The zero-order chi connectivity index (χ0) is 18.7. The van der Waals surface area contributed by atoms with Gasteiger partial charge in [0, 0.05) is 42.1 Å². The fraction of sp³-hybridized carbons (Fsp3) is 0.800. The van der Waals surface area contributed by atoms with Crippen molar-refractivity contribution in [1.29, 1.82) is 0 Å². The maximum absolute atomic E-state index is 11.3. The van der Waals surface area contributed by atoms with Gasteiger partial charge in [0.2, 0.25) is 0 Å². The van der Waals surface area contributed by atoms with E-state index in [2.05, 4.69) is 0 Å². The normalized spacial score (nSPS) is 15.8. The topological polar surface area (TPSA) is 107 Å². The average Bonchev–Trinajstić information content (AvgIpc) is 2.47. The lowest BCUT2D eigenvalue weighted by Crippen LogP contribution is -2.52. The lowest BCUT2D eigenvalue weighted by atomic mass is 10.0. The summed E-state index contributed by atoms with van der Waals surface area (Å²) in [4.78, 5) is 33.7. The number of rotatable bonds is 11. The maximum atomic E-state index is 11.3. The first-order chi connectivity index (χ1) is 11.3. The highest BCUT2D eigenvalue weighted by Gasteiger charge is 2.39. The van der Waals surface area contributed by atoms with Gasteiger partial charge in [0.25, 0.3) is 0 Å². The Balaban J connectivity index is 5.39. The van der Waals surface area contributed by atoms with Crippen LogP contribution in [-0.4, -0.2) is 76.9 Å². The fourth-order valence-corrected chi connectivity index (χ4v) is 2.18. The third kappa shape index (κ3) is 8.23. The summed E-state index contributed by atoms with van der Waals surface area (Å²) in [6.45, 7) is 3.51. The standard InChI is InChI=1S/C15H26O9/c1-9(16)22-8-13(24-11(3)18)15(21-6)14(20-5)12(7-19-4)23-10(2)17/h12-15H,7-8H2,1-6H3/t12-,13+,14-,15-/m1/s1. The van der Waals surface area contributed by atoms with Crippen LogP contribution in [0, 0.1) is 0 Å². The van der Waals surface area contributed by atoms with Crippen LogP contribution in [0.5, 0.6) is 0 Å². The first kappa shape index (κ1) is 22.3. The van der Waals surface area contributed by atoms with Gasteiger partial charge in [-0.3, -0.25) is 14.4 Å². The quantitative estimate of drug-likeness (QED) is 0.378. The van der Waals surface area contributed by atoms with Crippen molar-refractivity contribution in [3.63, 3.8) is 0 Å². The van der Waals surface area contributed by atoms with Crippen LogP contribution in [0.4, 0.5) is 0 Å². The summed E-state index contributed by atoms with van der Waals surface area (Å²) < 4.78 is 31.0. The molecule has 0 saturated carbocycles. The lowest BCUT2D eigenvalue weighted by molar-refractivity contribution is -0.192. The van der Waals surface area contributed by atoms with E-state index in [-0.39, 0.29) is 13.2 Å². The maximum Gasteiger partial charge on any atom is 0.303 e. The van der Waals surface area contributed by atoms with Gasteiger partial charge in [0.15, 0.2) is 12.2 Å². The second kappa shape index (κ2) is 11.8. The van der Waals surface area contributed by atoms with E-state index in [1.807, 2.05) is 0 Å². The summed E-state index contributed by atoms with van der Waals surface area (Å²) in [6.07, 6.45) is -3.44. The fourth-order valence-electron chi connectivity index (χ4n) is 2.18. The van der Waals surface area contributed by atoms with Gasteiger partial charge in [-0.05, 0) is 0 Å². The second-order valence-corrected chi connectivity index (χ2v) is 4.95. The second-order valence-electron chi connectivity index (χ2n) is 4.95. The molecule has 0 radical (unpaired) electrons. The predicted octanol–water partition coefficient (Wildman–Crippen LogP) is 0.0893. The Hall–Kier alpha value is -1.71. The van der Waals surface area contributed by atoms with Crippen LogP contribution in [0.25, 0.3) is 0 Å². The van der Waals surface area contributed by atoms with E-state index in [4.69, 9.17) is 28.4 Å². The molecule has 0 N–H and O–H groups in total. The minimum Gasteiger partial charge on any atom is -0.462 e. The van der Waals surface area contributed by atoms with E-state index in [1.54, 1.807) is 0 Å². The molecule has 0 aliphatic rings. The molecular formula is C15H26O9. The van der Waals surface area contributed by atoms with Crippen LogP contribution in [0.3, 0.4) is 0 Å². The summed E-state index contributed by atoms with van der Waals surface area (Å²) >= 11 is 0. The monoisotopic (exact) mass is 350 g/mol. The molecule has 0 spiro atoms. The average molecular weight is 350 g/mol. The highest BCUT2D eigenvalue weighted by atomic mass is 16.6. The third-order valence-corrected chi connectivity index (χ3v) is 3.02. The highest BCUT2D eigenvalue weighted by molar-refractivity contribution is 5.67. The van der Waals surface area contributed by atoms with Gasteiger partial charge in [-0.2, -0.15) is 0 Å². The van der Waals surface area contributed by atoms with E-state index in [0.29, 0.717) is 0 Å². The van der Waals surface area contributed by atoms with E-state index >= 15 is 0 Å². The van der Waals surface area contributed by atoms with Gasteiger partial charge in [-0.25, -0.2) is 0 Å². The first-order valence-corrected chi connectivity index (χ1v) is 7.29. The molecule has 0 saturated heterocycles. The molecule has 0 aromatic heterocycles. The molecule has 4 atom stereocenters. The molecule has 24 heavy (non-hydrogen) atoms. The number of carbonyl (C=O) groups is 3. The van der Waals surface area contributed by atoms with Crippen molar-refractivity contribution in [3.8, 4) is 0 Å². The van der Waals surface area contributed by atoms with Crippen molar-refractivity contribution in [1.82, 2.24) is 0 Å². The Kier molecular flexibility index (Phi) is 10.9. The summed E-state index contributed by atoms with van der Waals surface area (Å²) in [6, 6.07) is 0. The van der Waals surface area contributed by atoms with Crippen molar-refractivity contribution in [2.75, 3.05) is 34.5 Å². The molecular weight excluding hydrogens is 324 g/mol. The van der Waals surface area contributed by atoms with Gasteiger partial charge >= 0.3 is 17.9 Å². The number of carbonyl (C=O) groups excluding carboxylic acids is 3. The molecule has 140 valence electrons. The van der Waals surface area contributed by atoms with E-state index in [0.717, 1.165) is 0 Å². The van der Waals surface area contributed by atoms with Crippen LogP contribution in [0.2, 0.25) is 0 Å². The molecule has 0 unspecified atom stereocenters. The summed E-state index contributed by atoms with van der Waals surface area (Å²) in [7, 11) is 4.20. The lowest BCUT2D eigenvalue weighted by Gasteiger charge is -2.34. The molecule has 9 heteroatoms. The Morgan fingerprint density at radius 1 is 0.708 bits per heavy atom. The molecule has 9 nitrogen and oxygen atoms in total. The van der Waals surface area contributed by atoms with Gasteiger partial charge in [0.05, 0.1) is 6.61 Å². The van der Waals surface area contributed by atoms with Gasteiger partial charge in [-0.1, -0.05) is 0 Å². The Morgan fingerprint density at radius 2 is 1.12 bits per heavy atom. The third-order valence-electron chi connectivity index (χ3n) is 3.02. The molecule has 0 amide bonds. The molecule has 0 aliphatic heterocycles. The van der Waals surface area contributed by atoms with Crippen LogP contribution < -0.4 is 0 Å². The number of ether oxygens (including phenoxy) is 6. The summed E-state index contributed by atoms with van der Waals surface area (Å²) in [5.74, 6) is -1.65. The van der Waals surface area contributed by atoms with Gasteiger partial charge in [0.1, 0.15) is 18.8 Å². The summed E-state index contributed by atoms with van der Waals surface area (Å²) in [5, 5.41) is 0. The predicted molar refractivity (Wildman–Crippen MR) is 81.2 cm³/mol. The molecule has 0 aromatic rings. The van der Waals surface area contributed by atoms with Crippen molar-refractivity contribution in [2.45, 2.75) is 45.2 Å². The minimum atomic E-state index is -0.948.